The predicted octanol–water partition coefficient (Wildman–Crippen LogP) is 7.64. The lowest BCUT2D eigenvalue weighted by atomic mass is 10.2. The van der Waals surface area contributed by atoms with E-state index in [1.54, 1.807) is 17.0 Å². The summed E-state index contributed by atoms with van der Waals surface area (Å²) in [6.45, 7) is 2.29. The second kappa shape index (κ2) is 9.87. The van der Waals surface area contributed by atoms with E-state index in [2.05, 4.69) is 31.9 Å². The maximum Gasteiger partial charge on any atom is 0.270 e. The number of benzene rings is 3. The zero-order valence-electron chi connectivity index (χ0n) is 16.8. The molecule has 0 aliphatic carbocycles. The third-order valence-electron chi connectivity index (χ3n) is 4.70. The summed E-state index contributed by atoms with van der Waals surface area (Å²) in [4.78, 5) is 15.1. The van der Waals surface area contributed by atoms with Crippen molar-refractivity contribution in [2.45, 2.75) is 13.5 Å². The highest BCUT2D eigenvalue weighted by Gasteiger charge is 2.33. The van der Waals surface area contributed by atoms with Crippen LogP contribution in [-0.2, 0) is 11.4 Å². The van der Waals surface area contributed by atoms with E-state index in [0.717, 1.165) is 31.3 Å². The summed E-state index contributed by atoms with van der Waals surface area (Å²) in [6, 6.07) is 17.6. The van der Waals surface area contributed by atoms with Crippen molar-refractivity contribution in [2.24, 2.45) is 0 Å². The van der Waals surface area contributed by atoms with Crippen LogP contribution in [0.2, 0.25) is 0 Å². The van der Waals surface area contributed by atoms with Gasteiger partial charge in [0.1, 0.15) is 18.2 Å². The highest BCUT2D eigenvalue weighted by Crippen LogP contribution is 2.39. The number of aryl methyl sites for hydroxylation is 1. The van der Waals surface area contributed by atoms with Crippen LogP contribution in [0.3, 0.4) is 0 Å². The van der Waals surface area contributed by atoms with Crippen molar-refractivity contribution >= 4 is 77.8 Å². The van der Waals surface area contributed by atoms with Gasteiger partial charge in [0.25, 0.3) is 5.91 Å². The normalized spacial score (nSPS) is 15.0. The Morgan fingerprint density at radius 2 is 1.69 bits per heavy atom. The lowest BCUT2D eigenvalue weighted by Crippen LogP contribution is -2.27. The summed E-state index contributed by atoms with van der Waals surface area (Å²) >= 11 is 13.8. The molecule has 0 N–H and O–H groups in total. The fraction of sp³-hybridized carbons (Fsp3) is 0.0833. The molecule has 4 rings (SSSR count). The van der Waals surface area contributed by atoms with Gasteiger partial charge in [0.15, 0.2) is 4.32 Å². The number of thiocarbonyl (C=S) groups is 1. The molecule has 8 heteroatoms. The summed E-state index contributed by atoms with van der Waals surface area (Å²) < 4.78 is 20.9. The maximum atomic E-state index is 13.1. The molecule has 32 heavy (non-hydrogen) atoms. The fourth-order valence-corrected chi connectivity index (χ4v) is 5.82. The van der Waals surface area contributed by atoms with E-state index < -0.39 is 0 Å². The molecule has 0 spiro atoms. The van der Waals surface area contributed by atoms with Crippen molar-refractivity contribution in [2.75, 3.05) is 4.90 Å². The molecule has 0 aromatic heterocycles. The van der Waals surface area contributed by atoms with Gasteiger partial charge in [-0.2, -0.15) is 0 Å². The van der Waals surface area contributed by atoms with Crippen LogP contribution in [0.15, 0.2) is 74.5 Å². The zero-order valence-corrected chi connectivity index (χ0v) is 21.6. The number of thioether (sulfide) groups is 1. The van der Waals surface area contributed by atoms with Crippen LogP contribution in [0.4, 0.5) is 10.1 Å². The van der Waals surface area contributed by atoms with Crippen molar-refractivity contribution in [3.63, 3.8) is 0 Å². The Bertz CT molecular complexity index is 1200. The number of carbonyl (C=O) groups excluding carboxylic acids is 1. The average molecular weight is 593 g/mol. The summed E-state index contributed by atoms with van der Waals surface area (Å²) in [7, 11) is 0. The first kappa shape index (κ1) is 23.2. The van der Waals surface area contributed by atoms with Crippen molar-refractivity contribution in [1.29, 1.82) is 0 Å². The average Bonchev–Trinajstić information content (AvgIpc) is 3.02. The Balaban J connectivity index is 1.54. The zero-order chi connectivity index (χ0) is 22.8. The molecule has 162 valence electrons. The molecule has 1 aliphatic heterocycles. The van der Waals surface area contributed by atoms with E-state index in [1.165, 1.54) is 23.9 Å². The molecule has 1 aliphatic rings. The summed E-state index contributed by atoms with van der Waals surface area (Å²) in [5.74, 6) is 0.194. The van der Waals surface area contributed by atoms with E-state index in [0.29, 0.717) is 21.6 Å². The minimum atomic E-state index is -0.284. The number of carbonyl (C=O) groups is 1. The van der Waals surface area contributed by atoms with Crippen molar-refractivity contribution in [3.05, 3.63) is 97.0 Å². The fourth-order valence-electron chi connectivity index (χ4n) is 3.07. The smallest absolute Gasteiger partial charge is 0.270 e. The highest BCUT2D eigenvalue weighted by molar-refractivity contribution is 9.11. The summed E-state index contributed by atoms with van der Waals surface area (Å²) in [5.41, 5.74) is 3.55. The second-order valence-electron chi connectivity index (χ2n) is 7.08. The van der Waals surface area contributed by atoms with Gasteiger partial charge in [-0.1, -0.05) is 53.8 Å². The van der Waals surface area contributed by atoms with Crippen LogP contribution < -0.4 is 9.64 Å². The van der Waals surface area contributed by atoms with Gasteiger partial charge in [-0.15, -0.1) is 0 Å². The minimum Gasteiger partial charge on any atom is -0.487 e. The van der Waals surface area contributed by atoms with Gasteiger partial charge in [-0.25, -0.2) is 4.39 Å². The first-order valence-electron chi connectivity index (χ1n) is 9.53. The molecule has 1 amide bonds. The number of amides is 1. The minimum absolute atomic E-state index is 0.146. The van der Waals surface area contributed by atoms with Gasteiger partial charge >= 0.3 is 0 Å². The first-order valence-corrected chi connectivity index (χ1v) is 12.3. The van der Waals surface area contributed by atoms with Gasteiger partial charge in [-0.05, 0) is 92.4 Å². The van der Waals surface area contributed by atoms with Gasteiger partial charge in [0.2, 0.25) is 0 Å². The molecule has 3 aromatic rings. The number of ether oxygens (including phenoxy) is 1. The van der Waals surface area contributed by atoms with Crippen molar-refractivity contribution < 1.29 is 13.9 Å². The van der Waals surface area contributed by atoms with Gasteiger partial charge in [-0.3, -0.25) is 9.69 Å². The molecular formula is C24H16Br2FNO2S2. The van der Waals surface area contributed by atoms with E-state index in [9.17, 15) is 9.18 Å². The quantitative estimate of drug-likeness (QED) is 0.225. The third-order valence-corrected chi connectivity index (χ3v) is 7.18. The molecular weight excluding hydrogens is 577 g/mol. The van der Waals surface area contributed by atoms with Gasteiger partial charge in [0.05, 0.1) is 19.5 Å². The van der Waals surface area contributed by atoms with Crippen molar-refractivity contribution in [3.8, 4) is 5.75 Å². The van der Waals surface area contributed by atoms with Gasteiger partial charge < -0.3 is 4.74 Å². The molecule has 0 bridgehead atoms. The number of nitrogens with zero attached hydrogens (tertiary/aromatic N) is 1. The third kappa shape index (κ3) is 5.14. The van der Waals surface area contributed by atoms with Crippen LogP contribution in [-0.4, -0.2) is 10.2 Å². The van der Waals surface area contributed by atoms with Crippen molar-refractivity contribution in [1.82, 2.24) is 0 Å². The lowest BCUT2D eigenvalue weighted by molar-refractivity contribution is -0.113. The Labute approximate surface area is 211 Å². The Morgan fingerprint density at radius 3 is 2.31 bits per heavy atom. The Hall–Kier alpha value is -2.00. The number of hydrogen-bond acceptors (Lipinski definition) is 4. The second-order valence-corrected chi connectivity index (χ2v) is 10.5. The maximum absolute atomic E-state index is 13.1. The van der Waals surface area contributed by atoms with Crippen LogP contribution in [0, 0.1) is 12.7 Å². The molecule has 0 radical (unpaired) electrons. The molecule has 3 nitrogen and oxygen atoms in total. The topological polar surface area (TPSA) is 29.5 Å². The van der Waals surface area contributed by atoms with E-state index in [-0.39, 0.29) is 11.7 Å². The van der Waals surface area contributed by atoms with Crippen LogP contribution in [0.1, 0.15) is 16.7 Å². The highest BCUT2D eigenvalue weighted by atomic mass is 79.9. The van der Waals surface area contributed by atoms with Crippen LogP contribution >= 0.6 is 55.8 Å². The number of rotatable bonds is 5. The number of hydrogen-bond donors (Lipinski definition) is 0. The SMILES string of the molecule is Cc1ccc(N2C(=O)/C(=C/c3cc(Br)c(OCc4ccc(F)cc4)c(Br)c3)SC2=S)cc1. The molecule has 1 heterocycles. The number of anilines is 1. The monoisotopic (exact) mass is 591 g/mol. The Kier molecular flexibility index (Phi) is 7.14. The van der Waals surface area contributed by atoms with Crippen LogP contribution in [0.25, 0.3) is 6.08 Å². The first-order chi connectivity index (χ1) is 15.3. The van der Waals surface area contributed by atoms with E-state index in [4.69, 9.17) is 17.0 Å². The van der Waals surface area contributed by atoms with E-state index in [1.807, 2.05) is 49.4 Å². The number of halogens is 3. The predicted molar refractivity (Wildman–Crippen MR) is 139 cm³/mol. The molecule has 1 fully saturated rings. The molecule has 0 atom stereocenters. The van der Waals surface area contributed by atoms with E-state index >= 15 is 0 Å². The molecule has 0 unspecified atom stereocenters. The van der Waals surface area contributed by atoms with Crippen LogP contribution in [0.5, 0.6) is 5.75 Å². The Morgan fingerprint density at radius 1 is 1.06 bits per heavy atom. The summed E-state index contributed by atoms with van der Waals surface area (Å²) in [6.07, 6.45) is 1.81. The largest absolute Gasteiger partial charge is 0.487 e. The molecule has 3 aromatic carbocycles. The molecule has 1 saturated heterocycles. The lowest BCUT2D eigenvalue weighted by Gasteiger charge is -2.14. The summed E-state index contributed by atoms with van der Waals surface area (Å²) in [5, 5.41) is 0. The molecule has 0 saturated carbocycles. The standard InChI is InChI=1S/C24H16Br2FNO2S2/c1-14-2-8-18(9-3-14)28-23(29)21(32-24(28)31)12-16-10-19(25)22(20(26)11-16)30-13-15-4-6-17(27)7-5-15/h2-12H,13H2,1H3/b21-12-. The van der Waals surface area contributed by atoms with Gasteiger partial charge in [0, 0.05) is 0 Å².